The molecule has 2 unspecified atom stereocenters. The molecule has 1 fully saturated rings. The maximum Gasteiger partial charge on any atom is 0.221 e. The van der Waals surface area contributed by atoms with Crippen LogP contribution in [-0.4, -0.2) is 26.3 Å². The Morgan fingerprint density at radius 3 is 3.20 bits per heavy atom. The predicted octanol–water partition coefficient (Wildman–Crippen LogP) is 0.546. The Kier molecular flexibility index (Phi) is 1.80. The van der Waals surface area contributed by atoms with Crippen molar-refractivity contribution in [1.29, 1.82) is 0 Å². The molecule has 15 heavy (non-hydrogen) atoms. The Bertz CT molecular complexity index is 418. The van der Waals surface area contributed by atoms with Crippen molar-refractivity contribution in [3.63, 3.8) is 0 Å². The van der Waals surface area contributed by atoms with Crippen LogP contribution in [0, 0.1) is 11.8 Å². The number of rotatable bonds is 1. The number of hydrazone groups is 1. The van der Waals surface area contributed by atoms with E-state index in [4.69, 9.17) is 0 Å². The van der Waals surface area contributed by atoms with E-state index < -0.39 is 0 Å². The van der Waals surface area contributed by atoms with Crippen molar-refractivity contribution in [3.8, 4) is 0 Å². The summed E-state index contributed by atoms with van der Waals surface area (Å²) in [6.07, 6.45) is 4.42. The normalized spacial score (nSPS) is 36.1. The summed E-state index contributed by atoms with van der Waals surface area (Å²) in [7, 11) is 0. The highest BCUT2D eigenvalue weighted by molar-refractivity contribution is 5.87. The second-order valence-electron chi connectivity index (χ2n) is 4.06. The lowest BCUT2D eigenvalue weighted by Gasteiger charge is -2.07. The fourth-order valence-electron chi connectivity index (χ4n) is 1.98. The number of aromatic amines is 1. The second kappa shape index (κ2) is 3.15. The van der Waals surface area contributed by atoms with E-state index in [9.17, 15) is 0 Å². The van der Waals surface area contributed by atoms with Crippen LogP contribution in [0.1, 0.15) is 25.6 Å². The number of nitrogens with zero attached hydrogens (tertiary/aromatic N) is 4. The average molecular weight is 204 g/mol. The molecule has 0 bridgehead atoms. The van der Waals surface area contributed by atoms with Crippen molar-refractivity contribution in [1.82, 2.24) is 26.0 Å². The van der Waals surface area contributed by atoms with Crippen LogP contribution in [-0.2, 0) is 0 Å². The van der Waals surface area contributed by atoms with Crippen molar-refractivity contribution < 1.29 is 0 Å². The summed E-state index contributed by atoms with van der Waals surface area (Å²) in [6.45, 7) is 2.07. The first kappa shape index (κ1) is 8.58. The van der Waals surface area contributed by atoms with Crippen LogP contribution >= 0.6 is 0 Å². The summed E-state index contributed by atoms with van der Waals surface area (Å²) in [5.74, 6) is 2.02. The third kappa shape index (κ3) is 1.51. The molecule has 1 aromatic rings. The van der Waals surface area contributed by atoms with Gasteiger partial charge in [0.15, 0.2) is 0 Å². The van der Waals surface area contributed by atoms with Crippen molar-refractivity contribution in [2.45, 2.75) is 19.8 Å². The van der Waals surface area contributed by atoms with Crippen LogP contribution in [0.3, 0.4) is 0 Å². The van der Waals surface area contributed by atoms with E-state index >= 15 is 0 Å². The SMILES string of the molecule is C/C1=N\N/C(c2nn[nH]n2)=C/CC2CC12. The largest absolute Gasteiger partial charge is 0.275 e. The van der Waals surface area contributed by atoms with Crippen molar-refractivity contribution >= 4 is 11.4 Å². The van der Waals surface area contributed by atoms with Gasteiger partial charge < -0.3 is 0 Å². The van der Waals surface area contributed by atoms with Gasteiger partial charge in [0.2, 0.25) is 5.82 Å². The molecule has 2 aliphatic rings. The molecule has 78 valence electrons. The average Bonchev–Trinajstić information content (AvgIpc) is 2.77. The molecule has 6 nitrogen and oxygen atoms in total. The van der Waals surface area contributed by atoms with Gasteiger partial charge in [0, 0.05) is 11.6 Å². The van der Waals surface area contributed by atoms with E-state index in [1.807, 2.05) is 0 Å². The molecule has 3 rings (SSSR count). The van der Waals surface area contributed by atoms with Gasteiger partial charge in [-0.3, -0.25) is 5.43 Å². The smallest absolute Gasteiger partial charge is 0.221 e. The van der Waals surface area contributed by atoms with Crippen LogP contribution in [0.5, 0.6) is 0 Å². The Balaban J connectivity index is 1.87. The number of hydrogen-bond donors (Lipinski definition) is 2. The number of tetrazole rings is 1. The monoisotopic (exact) mass is 204 g/mol. The van der Waals surface area contributed by atoms with E-state index in [0.717, 1.165) is 18.0 Å². The predicted molar refractivity (Wildman–Crippen MR) is 54.6 cm³/mol. The van der Waals surface area contributed by atoms with Gasteiger partial charge in [0.05, 0.1) is 0 Å². The number of aromatic nitrogens is 4. The fourth-order valence-corrected chi connectivity index (χ4v) is 1.98. The summed E-state index contributed by atoms with van der Waals surface area (Å²) in [4.78, 5) is 0. The zero-order valence-electron chi connectivity index (χ0n) is 8.44. The maximum atomic E-state index is 4.32. The molecule has 6 heteroatoms. The highest BCUT2D eigenvalue weighted by Crippen LogP contribution is 2.43. The van der Waals surface area contributed by atoms with Crippen LogP contribution in [0.4, 0.5) is 0 Å². The van der Waals surface area contributed by atoms with E-state index in [1.54, 1.807) is 0 Å². The third-order valence-electron chi connectivity index (χ3n) is 3.02. The maximum absolute atomic E-state index is 4.32. The van der Waals surface area contributed by atoms with Crippen molar-refractivity contribution in [3.05, 3.63) is 11.9 Å². The highest BCUT2D eigenvalue weighted by atomic mass is 15.5. The molecule has 1 aliphatic heterocycles. The zero-order valence-corrected chi connectivity index (χ0v) is 8.44. The summed E-state index contributed by atoms with van der Waals surface area (Å²) in [5.41, 5.74) is 5.01. The van der Waals surface area contributed by atoms with Crippen LogP contribution in [0.2, 0.25) is 0 Å². The minimum absolute atomic E-state index is 0.575. The number of H-pyrrole nitrogens is 1. The van der Waals surface area contributed by atoms with Gasteiger partial charge in [0.1, 0.15) is 5.70 Å². The molecule has 0 aromatic carbocycles. The molecule has 1 saturated carbocycles. The first-order chi connectivity index (χ1) is 7.34. The zero-order chi connectivity index (χ0) is 10.3. The van der Waals surface area contributed by atoms with Crippen molar-refractivity contribution in [2.75, 3.05) is 0 Å². The van der Waals surface area contributed by atoms with Crippen molar-refractivity contribution in [2.24, 2.45) is 16.9 Å². The Morgan fingerprint density at radius 2 is 2.40 bits per heavy atom. The summed E-state index contributed by atoms with van der Waals surface area (Å²) >= 11 is 0. The lowest BCUT2D eigenvalue weighted by molar-refractivity contribution is 0.793. The standard InChI is InChI=1S/C9H12N6/c1-5-7-4-6(7)2-3-8(11-10-5)9-12-14-15-13-9/h3,6-7,11H,2,4H2,1H3,(H,12,13,14,15)/b8-3+,10-5+. The number of allylic oxidation sites excluding steroid dienone is 1. The van der Waals surface area contributed by atoms with E-state index in [1.165, 1.54) is 12.1 Å². The molecule has 1 aliphatic carbocycles. The summed E-state index contributed by atoms with van der Waals surface area (Å²) < 4.78 is 0. The summed E-state index contributed by atoms with van der Waals surface area (Å²) in [5, 5.41) is 18.1. The van der Waals surface area contributed by atoms with Crippen LogP contribution in [0.25, 0.3) is 5.70 Å². The van der Waals surface area contributed by atoms with Crippen LogP contribution in [0.15, 0.2) is 11.2 Å². The van der Waals surface area contributed by atoms with Gasteiger partial charge >= 0.3 is 0 Å². The van der Waals surface area contributed by atoms with Gasteiger partial charge in [-0.05, 0) is 30.9 Å². The number of nitrogens with one attached hydrogen (secondary N) is 2. The quantitative estimate of drug-likeness (QED) is 0.700. The molecule has 0 radical (unpaired) electrons. The first-order valence-electron chi connectivity index (χ1n) is 5.09. The van der Waals surface area contributed by atoms with Gasteiger partial charge in [-0.25, -0.2) is 0 Å². The molecule has 0 saturated heterocycles. The van der Waals surface area contributed by atoms with Gasteiger partial charge in [-0.1, -0.05) is 6.08 Å². The molecule has 1 aromatic heterocycles. The summed E-state index contributed by atoms with van der Waals surface area (Å²) in [6, 6.07) is 0. The Morgan fingerprint density at radius 1 is 1.47 bits per heavy atom. The van der Waals surface area contributed by atoms with Gasteiger partial charge in [0.25, 0.3) is 0 Å². The lowest BCUT2D eigenvalue weighted by atomic mass is 10.1. The lowest BCUT2D eigenvalue weighted by Crippen LogP contribution is -2.12. The Labute approximate surface area is 86.8 Å². The molecular weight excluding hydrogens is 192 g/mol. The van der Waals surface area contributed by atoms with E-state index in [2.05, 4.69) is 44.2 Å². The first-order valence-corrected chi connectivity index (χ1v) is 5.09. The molecular formula is C9H12N6. The molecule has 2 heterocycles. The molecule has 2 atom stereocenters. The topological polar surface area (TPSA) is 78.9 Å². The Hall–Kier alpha value is -1.72. The third-order valence-corrected chi connectivity index (χ3v) is 3.02. The minimum atomic E-state index is 0.575. The number of hydrogen-bond acceptors (Lipinski definition) is 5. The van der Waals surface area contributed by atoms with E-state index in [-0.39, 0.29) is 0 Å². The van der Waals surface area contributed by atoms with Crippen LogP contribution < -0.4 is 5.43 Å². The molecule has 2 N–H and O–H groups in total. The minimum Gasteiger partial charge on any atom is -0.275 e. The fraction of sp³-hybridized carbons (Fsp3) is 0.556. The van der Waals surface area contributed by atoms with Gasteiger partial charge in [-0.2, -0.15) is 10.3 Å². The van der Waals surface area contributed by atoms with E-state index in [0.29, 0.717) is 11.7 Å². The highest BCUT2D eigenvalue weighted by Gasteiger charge is 2.39. The second-order valence-corrected chi connectivity index (χ2v) is 4.06. The molecule has 0 amide bonds. The number of fused-ring (bicyclic) bond motifs is 1. The van der Waals surface area contributed by atoms with Gasteiger partial charge in [-0.15, -0.1) is 10.2 Å². The molecule has 0 spiro atoms.